The zero-order chi connectivity index (χ0) is 7.54. The first-order valence-electron chi connectivity index (χ1n) is 2.43. The van der Waals surface area contributed by atoms with E-state index in [2.05, 4.69) is 37.8 Å². The molecule has 1 aliphatic rings. The lowest BCUT2D eigenvalue weighted by atomic mass is 10.8. The van der Waals surface area contributed by atoms with Crippen molar-refractivity contribution < 1.29 is 0 Å². The van der Waals surface area contributed by atoms with Crippen molar-refractivity contribution in [1.82, 2.24) is 0 Å². The zero-order valence-corrected chi connectivity index (χ0v) is 7.14. The summed E-state index contributed by atoms with van der Waals surface area (Å²) in [6, 6.07) is 0. The van der Waals surface area contributed by atoms with Gasteiger partial charge < -0.3 is 0 Å². The van der Waals surface area contributed by atoms with Gasteiger partial charge in [-0.05, 0) is 5.41 Å². The molecule has 0 aromatic heterocycles. The smallest absolute Gasteiger partial charge is 0.0229 e. The van der Waals surface area contributed by atoms with Gasteiger partial charge in [-0.1, -0.05) is 27.7 Å². The van der Waals surface area contributed by atoms with Crippen LogP contribution in [0.15, 0.2) is 37.8 Å². The van der Waals surface area contributed by atoms with Crippen molar-refractivity contribution in [2.75, 3.05) is 5.75 Å². The molecular formula is C7H12S2. The van der Waals surface area contributed by atoms with Crippen molar-refractivity contribution in [3.8, 4) is 0 Å². The van der Waals surface area contributed by atoms with E-state index in [-0.39, 0.29) is 0 Å². The Morgan fingerprint density at radius 3 is 1.78 bits per heavy atom. The van der Waals surface area contributed by atoms with Crippen LogP contribution in [-0.2, 0) is 0 Å². The Morgan fingerprint density at radius 2 is 1.67 bits per heavy atom. The van der Waals surface area contributed by atoms with Crippen molar-refractivity contribution in [2.45, 2.75) is 0 Å². The molecule has 0 atom stereocenters. The van der Waals surface area contributed by atoms with E-state index in [0.717, 1.165) is 0 Å². The zero-order valence-electron chi connectivity index (χ0n) is 5.51. The van der Waals surface area contributed by atoms with Crippen LogP contribution < -0.4 is 0 Å². The Labute approximate surface area is 65.5 Å². The van der Waals surface area contributed by atoms with Crippen LogP contribution in [0.25, 0.3) is 0 Å². The molecule has 0 nitrogen and oxygen atoms in total. The Morgan fingerprint density at radius 1 is 1.11 bits per heavy atom. The summed E-state index contributed by atoms with van der Waals surface area (Å²) in [6.45, 7) is 12.0. The topological polar surface area (TPSA) is 0 Å². The summed E-state index contributed by atoms with van der Waals surface area (Å²) >= 11 is 0. The van der Waals surface area contributed by atoms with Crippen LogP contribution >= 0.6 is 21.6 Å². The highest BCUT2D eigenvalue weighted by Gasteiger charge is 1.85. The molecular weight excluding hydrogens is 148 g/mol. The summed E-state index contributed by atoms with van der Waals surface area (Å²) < 4.78 is 0. The lowest BCUT2D eigenvalue weighted by Crippen LogP contribution is -1.46. The maximum absolute atomic E-state index is 3.00. The minimum Gasteiger partial charge on any atom is -0.106 e. The van der Waals surface area contributed by atoms with Crippen LogP contribution in [0.3, 0.4) is 0 Å². The highest BCUT2D eigenvalue weighted by molar-refractivity contribution is 8.78. The van der Waals surface area contributed by atoms with Gasteiger partial charge in [-0.3, -0.25) is 0 Å². The molecule has 1 heterocycles. The Hall–Kier alpha value is -0.0800. The molecule has 0 spiro atoms. The molecule has 1 rings (SSSR count). The molecule has 0 N–H and O–H groups in total. The fraction of sp³-hybridized carbons (Fsp3) is 0.143. The van der Waals surface area contributed by atoms with Crippen molar-refractivity contribution in [2.24, 2.45) is 0 Å². The number of hydrogen-bond acceptors (Lipinski definition) is 2. The van der Waals surface area contributed by atoms with Crippen LogP contribution in [0.1, 0.15) is 0 Å². The van der Waals surface area contributed by atoms with Gasteiger partial charge in [0.25, 0.3) is 0 Å². The van der Waals surface area contributed by atoms with Gasteiger partial charge in [-0.25, -0.2) is 0 Å². The predicted octanol–water partition coefficient (Wildman–Crippen LogP) is 3.50. The first kappa shape index (κ1) is 11.7. The Kier molecular flexibility index (Phi) is 20.3. The maximum atomic E-state index is 3.00. The van der Waals surface area contributed by atoms with Gasteiger partial charge in [0.05, 0.1) is 0 Å². The predicted molar refractivity (Wildman–Crippen MR) is 51.7 cm³/mol. The van der Waals surface area contributed by atoms with E-state index in [9.17, 15) is 0 Å². The van der Waals surface area contributed by atoms with E-state index in [1.165, 1.54) is 5.75 Å². The highest BCUT2D eigenvalue weighted by atomic mass is 33.1. The molecule has 0 fully saturated rings. The van der Waals surface area contributed by atoms with Gasteiger partial charge in [-0.15, -0.1) is 26.3 Å². The molecule has 0 saturated heterocycles. The average Bonchev–Trinajstić information content (AvgIpc) is 2.51. The molecule has 0 aromatic rings. The van der Waals surface area contributed by atoms with Crippen molar-refractivity contribution in [3.05, 3.63) is 37.8 Å². The second kappa shape index (κ2) is 15.7. The van der Waals surface area contributed by atoms with Crippen LogP contribution in [-0.4, -0.2) is 5.75 Å². The minimum atomic E-state index is 1.20. The molecule has 2 heteroatoms. The second-order valence-corrected chi connectivity index (χ2v) is 3.07. The summed E-state index contributed by atoms with van der Waals surface area (Å²) in [7, 11) is 3.69. The third-order valence-electron chi connectivity index (χ3n) is 0.384. The van der Waals surface area contributed by atoms with Crippen molar-refractivity contribution in [3.63, 3.8) is 0 Å². The van der Waals surface area contributed by atoms with E-state index < -0.39 is 0 Å². The third kappa shape index (κ3) is 11.5. The first-order valence-corrected chi connectivity index (χ1v) is 4.81. The first-order chi connectivity index (χ1) is 4.50. The molecule has 0 saturated carbocycles. The normalized spacial score (nSPS) is 12.4. The average molecular weight is 160 g/mol. The van der Waals surface area contributed by atoms with Gasteiger partial charge in [0.15, 0.2) is 0 Å². The highest BCUT2D eigenvalue weighted by Crippen LogP contribution is 2.27. The molecule has 0 aromatic carbocycles. The van der Waals surface area contributed by atoms with Crippen LogP contribution in [0.4, 0.5) is 0 Å². The summed E-state index contributed by atoms with van der Waals surface area (Å²) in [6.07, 6.45) is 2.16. The van der Waals surface area contributed by atoms with Crippen LogP contribution in [0.5, 0.6) is 0 Å². The molecule has 0 amide bonds. The van der Waals surface area contributed by atoms with Crippen molar-refractivity contribution >= 4 is 21.6 Å². The standard InChI is InChI=1S/C3H4S2.2C2H4/c1-2-4-5-3-1;2*1-2/h1-2H,3H2;2*1-2H2. The van der Waals surface area contributed by atoms with E-state index in [1.54, 1.807) is 0 Å². The van der Waals surface area contributed by atoms with E-state index >= 15 is 0 Å². The van der Waals surface area contributed by atoms with Gasteiger partial charge in [0.2, 0.25) is 0 Å². The summed E-state index contributed by atoms with van der Waals surface area (Å²) in [5.74, 6) is 1.20. The Bertz CT molecular complexity index is 61.3. The van der Waals surface area contributed by atoms with E-state index in [4.69, 9.17) is 0 Å². The number of rotatable bonds is 0. The molecule has 1 aliphatic heterocycles. The fourth-order valence-corrected chi connectivity index (χ4v) is 1.77. The summed E-state index contributed by atoms with van der Waals surface area (Å²) in [5, 5.41) is 2.12. The molecule has 9 heavy (non-hydrogen) atoms. The minimum absolute atomic E-state index is 1.20. The van der Waals surface area contributed by atoms with Crippen LogP contribution in [0.2, 0.25) is 0 Å². The van der Waals surface area contributed by atoms with Gasteiger partial charge in [0, 0.05) is 5.75 Å². The fourth-order valence-electron chi connectivity index (χ4n) is 0.196. The lowest BCUT2D eigenvalue weighted by molar-refractivity contribution is 1.85. The van der Waals surface area contributed by atoms with Gasteiger partial charge in [-0.2, -0.15) is 0 Å². The van der Waals surface area contributed by atoms with E-state index in [1.807, 2.05) is 21.6 Å². The van der Waals surface area contributed by atoms with Gasteiger partial charge in [0.1, 0.15) is 0 Å². The second-order valence-electron chi connectivity index (χ2n) is 0.753. The SMILES string of the molecule is C1=CSSC1.C=C.C=C. The molecule has 0 aliphatic carbocycles. The number of hydrogen-bond donors (Lipinski definition) is 0. The molecule has 0 unspecified atom stereocenters. The third-order valence-corrected chi connectivity index (χ3v) is 2.30. The summed E-state index contributed by atoms with van der Waals surface area (Å²) in [5.41, 5.74) is 0. The van der Waals surface area contributed by atoms with Crippen LogP contribution in [0, 0.1) is 0 Å². The van der Waals surface area contributed by atoms with Crippen molar-refractivity contribution in [1.29, 1.82) is 0 Å². The maximum Gasteiger partial charge on any atom is 0.0229 e. The largest absolute Gasteiger partial charge is 0.106 e. The molecule has 0 radical (unpaired) electrons. The lowest BCUT2D eigenvalue weighted by Gasteiger charge is -1.69. The summed E-state index contributed by atoms with van der Waals surface area (Å²) in [4.78, 5) is 0. The van der Waals surface area contributed by atoms with E-state index in [0.29, 0.717) is 0 Å². The Balaban J connectivity index is 0. The molecule has 0 bridgehead atoms. The monoisotopic (exact) mass is 160 g/mol. The van der Waals surface area contributed by atoms with Gasteiger partial charge >= 0.3 is 0 Å². The quantitative estimate of drug-likeness (QED) is 0.393. The molecule has 52 valence electrons.